The van der Waals surface area contributed by atoms with Gasteiger partial charge in [0.05, 0.1) is 0 Å². The predicted molar refractivity (Wildman–Crippen MR) is 58.6 cm³/mol. The highest BCUT2D eigenvalue weighted by Gasteiger charge is 1.87. The Balaban J connectivity index is 2.18. The molecule has 0 N–H and O–H groups in total. The van der Waals surface area contributed by atoms with E-state index < -0.39 is 0 Å². The van der Waals surface area contributed by atoms with Gasteiger partial charge < -0.3 is 0 Å². The molecular formula is C12H12N2. The van der Waals surface area contributed by atoms with Crippen LogP contribution in [0.1, 0.15) is 11.1 Å². The number of hydrogen-bond donors (Lipinski definition) is 0. The van der Waals surface area contributed by atoms with Crippen molar-refractivity contribution in [1.29, 1.82) is 0 Å². The Bertz CT molecular complexity index is 427. The molecule has 14 heavy (non-hydrogen) atoms. The van der Waals surface area contributed by atoms with E-state index in [0.717, 1.165) is 0 Å². The minimum atomic E-state index is 1.19. The van der Waals surface area contributed by atoms with Crippen molar-refractivity contribution >= 4 is 12.3 Å². The minimum absolute atomic E-state index is 1.19. The fourth-order valence-electron chi connectivity index (χ4n) is 1.31. The summed E-state index contributed by atoms with van der Waals surface area (Å²) in [4.78, 5) is 0. The molecule has 0 saturated carbocycles. The first kappa shape index (κ1) is 8.75. The molecule has 0 amide bonds. The lowest BCUT2D eigenvalue weighted by molar-refractivity contribution is 0.938. The molecule has 2 heteroatoms. The van der Waals surface area contributed by atoms with Gasteiger partial charge in [-0.05, 0) is 24.6 Å². The summed E-state index contributed by atoms with van der Waals surface area (Å²) in [5, 5.41) is 4.08. The molecule has 0 spiro atoms. The van der Waals surface area contributed by atoms with Crippen LogP contribution in [0.25, 0.3) is 12.3 Å². The molecule has 0 saturated heterocycles. The molecule has 0 bridgehead atoms. The van der Waals surface area contributed by atoms with Crippen LogP contribution < -0.4 is 0 Å². The second-order valence-corrected chi connectivity index (χ2v) is 3.22. The average molecular weight is 184 g/mol. The molecule has 0 atom stereocenters. The van der Waals surface area contributed by atoms with Crippen LogP contribution >= 0.6 is 0 Å². The number of rotatable bonds is 2. The summed E-state index contributed by atoms with van der Waals surface area (Å²) in [6, 6.07) is 10.3. The molecule has 70 valence electrons. The lowest BCUT2D eigenvalue weighted by atomic mass is 10.1. The fourth-order valence-corrected chi connectivity index (χ4v) is 1.31. The van der Waals surface area contributed by atoms with Gasteiger partial charge in [-0.15, -0.1) is 0 Å². The minimum Gasteiger partial charge on any atom is -0.248 e. The Morgan fingerprint density at radius 1 is 1.29 bits per heavy atom. The third kappa shape index (κ3) is 2.10. The number of aromatic nitrogens is 2. The van der Waals surface area contributed by atoms with Gasteiger partial charge in [-0.25, -0.2) is 4.68 Å². The van der Waals surface area contributed by atoms with E-state index in [1.807, 2.05) is 24.5 Å². The van der Waals surface area contributed by atoms with Crippen molar-refractivity contribution in [3.63, 3.8) is 0 Å². The van der Waals surface area contributed by atoms with Gasteiger partial charge in [0.2, 0.25) is 0 Å². The van der Waals surface area contributed by atoms with Crippen LogP contribution in [0.2, 0.25) is 0 Å². The normalized spacial score (nSPS) is 10.9. The molecule has 1 aromatic carbocycles. The zero-order valence-electron chi connectivity index (χ0n) is 8.09. The van der Waals surface area contributed by atoms with Gasteiger partial charge in [0.15, 0.2) is 0 Å². The Morgan fingerprint density at radius 2 is 2.21 bits per heavy atom. The van der Waals surface area contributed by atoms with E-state index in [2.05, 4.69) is 36.3 Å². The Kier molecular flexibility index (Phi) is 2.45. The maximum atomic E-state index is 4.08. The third-order valence-electron chi connectivity index (χ3n) is 1.99. The molecule has 0 aliphatic carbocycles. The summed E-state index contributed by atoms with van der Waals surface area (Å²) in [6.07, 6.45) is 7.65. The molecule has 0 aliphatic heterocycles. The topological polar surface area (TPSA) is 17.8 Å². The third-order valence-corrected chi connectivity index (χ3v) is 1.99. The lowest BCUT2D eigenvalue weighted by Gasteiger charge is -1.95. The first-order valence-electron chi connectivity index (χ1n) is 4.58. The number of aryl methyl sites for hydroxylation is 1. The van der Waals surface area contributed by atoms with E-state index >= 15 is 0 Å². The van der Waals surface area contributed by atoms with Gasteiger partial charge in [0.25, 0.3) is 0 Å². The Labute approximate surface area is 83.5 Å². The van der Waals surface area contributed by atoms with Crippen molar-refractivity contribution in [3.8, 4) is 0 Å². The summed E-state index contributed by atoms with van der Waals surface area (Å²) in [5.74, 6) is 0. The van der Waals surface area contributed by atoms with Gasteiger partial charge in [-0.1, -0.05) is 29.8 Å². The number of nitrogens with zero attached hydrogens (tertiary/aromatic N) is 2. The second-order valence-electron chi connectivity index (χ2n) is 3.22. The van der Waals surface area contributed by atoms with Crippen LogP contribution in [0, 0.1) is 6.92 Å². The van der Waals surface area contributed by atoms with Crippen LogP contribution in [0.4, 0.5) is 0 Å². The van der Waals surface area contributed by atoms with Crippen molar-refractivity contribution in [2.45, 2.75) is 6.92 Å². The predicted octanol–water partition coefficient (Wildman–Crippen LogP) is 2.82. The molecule has 2 nitrogen and oxygen atoms in total. The summed E-state index contributed by atoms with van der Waals surface area (Å²) in [7, 11) is 0. The van der Waals surface area contributed by atoms with E-state index in [0.29, 0.717) is 0 Å². The average Bonchev–Trinajstić information content (AvgIpc) is 2.67. The van der Waals surface area contributed by atoms with E-state index in [1.54, 1.807) is 10.9 Å². The zero-order chi connectivity index (χ0) is 9.80. The number of benzene rings is 1. The highest BCUT2D eigenvalue weighted by atomic mass is 15.2. The van der Waals surface area contributed by atoms with Crippen LogP contribution in [-0.4, -0.2) is 9.78 Å². The highest BCUT2D eigenvalue weighted by Crippen LogP contribution is 2.06. The highest BCUT2D eigenvalue weighted by molar-refractivity contribution is 5.60. The van der Waals surface area contributed by atoms with E-state index in [9.17, 15) is 0 Å². The zero-order valence-corrected chi connectivity index (χ0v) is 8.09. The summed E-state index contributed by atoms with van der Waals surface area (Å²) in [6.45, 7) is 2.09. The summed E-state index contributed by atoms with van der Waals surface area (Å²) in [5.41, 5.74) is 2.47. The quantitative estimate of drug-likeness (QED) is 0.701. The van der Waals surface area contributed by atoms with Crippen molar-refractivity contribution < 1.29 is 0 Å². The first-order chi connectivity index (χ1) is 6.84. The van der Waals surface area contributed by atoms with E-state index in [4.69, 9.17) is 0 Å². The van der Waals surface area contributed by atoms with Gasteiger partial charge in [0.1, 0.15) is 0 Å². The molecule has 0 radical (unpaired) electrons. The smallest absolute Gasteiger partial charge is 0.0493 e. The van der Waals surface area contributed by atoms with Crippen molar-refractivity contribution in [3.05, 3.63) is 53.9 Å². The van der Waals surface area contributed by atoms with Crippen LogP contribution in [0.3, 0.4) is 0 Å². The maximum absolute atomic E-state index is 4.08. The Hall–Kier alpha value is -1.83. The maximum Gasteiger partial charge on any atom is 0.0493 e. The SMILES string of the molecule is Cc1cccc(/C=C/n2cccn2)c1. The molecular weight excluding hydrogens is 172 g/mol. The van der Waals surface area contributed by atoms with Crippen molar-refractivity contribution in [2.75, 3.05) is 0 Å². The summed E-state index contributed by atoms with van der Waals surface area (Å²) < 4.78 is 1.78. The monoisotopic (exact) mass is 184 g/mol. The van der Waals surface area contributed by atoms with E-state index in [-0.39, 0.29) is 0 Å². The van der Waals surface area contributed by atoms with Gasteiger partial charge in [-0.3, -0.25) is 0 Å². The van der Waals surface area contributed by atoms with Gasteiger partial charge in [-0.2, -0.15) is 5.10 Å². The van der Waals surface area contributed by atoms with Crippen molar-refractivity contribution in [2.24, 2.45) is 0 Å². The standard InChI is InChI=1S/C12H12N2/c1-11-4-2-5-12(10-11)6-9-14-8-3-7-13-14/h2-10H,1H3/b9-6+. The van der Waals surface area contributed by atoms with Gasteiger partial charge >= 0.3 is 0 Å². The summed E-state index contributed by atoms with van der Waals surface area (Å²) >= 11 is 0. The molecule has 2 aromatic rings. The largest absolute Gasteiger partial charge is 0.248 e. The first-order valence-corrected chi connectivity index (χ1v) is 4.58. The van der Waals surface area contributed by atoms with Crippen LogP contribution in [-0.2, 0) is 0 Å². The van der Waals surface area contributed by atoms with E-state index in [1.165, 1.54) is 11.1 Å². The number of hydrogen-bond acceptors (Lipinski definition) is 1. The van der Waals surface area contributed by atoms with Crippen LogP contribution in [0.15, 0.2) is 42.7 Å². The van der Waals surface area contributed by atoms with Gasteiger partial charge in [0, 0.05) is 18.6 Å². The second kappa shape index (κ2) is 3.92. The van der Waals surface area contributed by atoms with Crippen molar-refractivity contribution in [1.82, 2.24) is 9.78 Å². The Morgan fingerprint density at radius 3 is 2.93 bits per heavy atom. The molecule has 1 heterocycles. The molecule has 2 rings (SSSR count). The van der Waals surface area contributed by atoms with Crippen LogP contribution in [0.5, 0.6) is 0 Å². The molecule has 0 fully saturated rings. The molecule has 0 unspecified atom stereocenters. The fraction of sp³-hybridized carbons (Fsp3) is 0.0833. The molecule has 0 aliphatic rings. The lowest BCUT2D eigenvalue weighted by Crippen LogP contribution is -1.84. The molecule has 1 aromatic heterocycles.